The highest BCUT2D eigenvalue weighted by atomic mass is 16.7. The number of aliphatic hydroxyl groups excluding tert-OH is 1. The van der Waals surface area contributed by atoms with Crippen molar-refractivity contribution in [1.82, 2.24) is 14.7 Å². The summed E-state index contributed by atoms with van der Waals surface area (Å²) in [5.74, 6) is -1.40. The number of hydrogen-bond acceptors (Lipinski definition) is 10. The SMILES string of the molecule is CO[C@]1(C)C[C@@H](C)CN(C)CC2(CCN(Cc3ccccc3)CC2)OC(=O)C(C)(C)C(=O)[C@H](C)[C@H]1O[C@@H]1O[C@H](C)C[C@H](N(C)C)[C@H]1O. The number of esters is 1. The minimum atomic E-state index is -1.44. The smallest absolute Gasteiger partial charge is 0.319 e. The van der Waals surface area contributed by atoms with E-state index in [1.165, 1.54) is 5.56 Å². The maximum atomic E-state index is 14.5. The highest BCUT2D eigenvalue weighted by Crippen LogP contribution is 2.40. The van der Waals surface area contributed by atoms with Gasteiger partial charge in [-0.2, -0.15) is 0 Å². The van der Waals surface area contributed by atoms with Crippen LogP contribution in [0.4, 0.5) is 0 Å². The van der Waals surface area contributed by atoms with Gasteiger partial charge in [0.05, 0.1) is 17.8 Å². The number of ketones is 1. The minimum Gasteiger partial charge on any atom is -0.457 e. The van der Waals surface area contributed by atoms with Crippen LogP contribution in [0.15, 0.2) is 30.3 Å². The molecule has 3 aliphatic rings. The molecule has 3 fully saturated rings. The highest BCUT2D eigenvalue weighted by molar-refractivity contribution is 6.04. The fourth-order valence-electron chi connectivity index (χ4n) is 8.13. The lowest BCUT2D eigenvalue weighted by Gasteiger charge is -2.47. The van der Waals surface area contributed by atoms with Gasteiger partial charge in [0.25, 0.3) is 0 Å². The average Bonchev–Trinajstić information content (AvgIpc) is 3.01. The molecule has 10 nitrogen and oxygen atoms in total. The van der Waals surface area contributed by atoms with Crippen LogP contribution in [0.25, 0.3) is 0 Å². The summed E-state index contributed by atoms with van der Waals surface area (Å²) in [7, 11) is 7.58. The number of likely N-dealkylation sites (tertiary alicyclic amines) is 1. The fourth-order valence-corrected chi connectivity index (χ4v) is 8.13. The van der Waals surface area contributed by atoms with Crippen LogP contribution in [-0.2, 0) is 35.1 Å². The Morgan fingerprint density at radius 3 is 2.28 bits per heavy atom. The first-order valence-corrected chi connectivity index (χ1v) is 17.4. The van der Waals surface area contributed by atoms with Crippen molar-refractivity contribution in [2.45, 2.75) is 116 Å². The zero-order chi connectivity index (χ0) is 34.7. The minimum absolute atomic E-state index is 0.153. The third-order valence-corrected chi connectivity index (χ3v) is 10.9. The lowest BCUT2D eigenvalue weighted by molar-refractivity contribution is -0.295. The molecule has 0 unspecified atom stereocenters. The van der Waals surface area contributed by atoms with Crippen molar-refractivity contribution in [3.63, 3.8) is 0 Å². The van der Waals surface area contributed by atoms with E-state index in [1.807, 2.05) is 38.9 Å². The summed E-state index contributed by atoms with van der Waals surface area (Å²) >= 11 is 0. The van der Waals surface area contributed by atoms with E-state index in [9.17, 15) is 14.7 Å². The molecular formula is C37H61N3O7. The van der Waals surface area contributed by atoms with Crippen molar-refractivity contribution in [1.29, 1.82) is 0 Å². The quantitative estimate of drug-likeness (QED) is 0.357. The van der Waals surface area contributed by atoms with Gasteiger partial charge in [0.2, 0.25) is 0 Å². The number of carbonyl (C=O) groups excluding carboxylic acids is 2. The molecule has 3 heterocycles. The second-order valence-corrected chi connectivity index (χ2v) is 15.8. The van der Waals surface area contributed by atoms with Gasteiger partial charge < -0.3 is 33.9 Å². The number of rotatable bonds is 6. The van der Waals surface area contributed by atoms with Crippen molar-refractivity contribution >= 4 is 11.8 Å². The summed E-state index contributed by atoms with van der Waals surface area (Å²) in [4.78, 5) is 35.2. The van der Waals surface area contributed by atoms with Gasteiger partial charge in [-0.15, -0.1) is 0 Å². The molecule has 0 radical (unpaired) electrons. The second kappa shape index (κ2) is 15.3. The van der Waals surface area contributed by atoms with Crippen molar-refractivity contribution in [2.24, 2.45) is 17.3 Å². The molecule has 3 saturated heterocycles. The molecule has 4 rings (SSSR count). The summed E-state index contributed by atoms with van der Waals surface area (Å²) in [5, 5.41) is 11.4. The molecule has 1 spiro atoms. The van der Waals surface area contributed by atoms with E-state index in [2.05, 4.69) is 48.0 Å². The Bertz CT molecular complexity index is 1190. The van der Waals surface area contributed by atoms with Crippen LogP contribution in [-0.4, -0.2) is 128 Å². The van der Waals surface area contributed by atoms with E-state index in [0.717, 1.165) is 26.2 Å². The van der Waals surface area contributed by atoms with Crippen LogP contribution in [0.2, 0.25) is 0 Å². The highest BCUT2D eigenvalue weighted by Gasteiger charge is 2.53. The zero-order valence-corrected chi connectivity index (χ0v) is 30.5. The van der Waals surface area contributed by atoms with Crippen molar-refractivity contribution < 1.29 is 33.6 Å². The van der Waals surface area contributed by atoms with E-state index in [4.69, 9.17) is 18.9 Å². The first-order chi connectivity index (χ1) is 22.0. The van der Waals surface area contributed by atoms with E-state index in [0.29, 0.717) is 32.2 Å². The maximum absolute atomic E-state index is 14.5. The van der Waals surface area contributed by atoms with Crippen LogP contribution < -0.4 is 0 Å². The van der Waals surface area contributed by atoms with Gasteiger partial charge in [-0.1, -0.05) is 44.2 Å². The summed E-state index contributed by atoms with van der Waals surface area (Å²) < 4.78 is 25.6. The third-order valence-electron chi connectivity index (χ3n) is 10.9. The number of methoxy groups -OCH3 is 1. The summed E-state index contributed by atoms with van der Waals surface area (Å²) in [6.07, 6.45) is -0.219. The molecule has 47 heavy (non-hydrogen) atoms. The molecule has 1 aromatic carbocycles. The van der Waals surface area contributed by atoms with E-state index in [-0.39, 0.29) is 23.8 Å². The Morgan fingerprint density at radius 2 is 1.68 bits per heavy atom. The summed E-state index contributed by atoms with van der Waals surface area (Å²) in [6, 6.07) is 10.3. The molecule has 10 heteroatoms. The molecule has 266 valence electrons. The number of aliphatic hydroxyl groups is 1. The largest absolute Gasteiger partial charge is 0.457 e. The van der Waals surface area contributed by atoms with E-state index < -0.39 is 47.0 Å². The van der Waals surface area contributed by atoms with Gasteiger partial charge in [0.1, 0.15) is 17.1 Å². The van der Waals surface area contributed by atoms with Gasteiger partial charge >= 0.3 is 5.97 Å². The Kier molecular flexibility index (Phi) is 12.3. The topological polar surface area (TPSA) is 101 Å². The molecular weight excluding hydrogens is 598 g/mol. The van der Waals surface area contributed by atoms with Crippen LogP contribution in [0.5, 0.6) is 0 Å². The van der Waals surface area contributed by atoms with Crippen LogP contribution in [0, 0.1) is 17.3 Å². The summed E-state index contributed by atoms with van der Waals surface area (Å²) in [5.41, 5.74) is -1.79. The lowest BCUT2D eigenvalue weighted by Crippen LogP contribution is -2.59. The molecule has 0 aromatic heterocycles. The Balaban J connectivity index is 1.63. The number of carbonyl (C=O) groups is 2. The van der Waals surface area contributed by atoms with E-state index in [1.54, 1.807) is 27.9 Å². The number of Topliss-reactive ketones (excluding diaryl/α,β-unsaturated/α-hetero) is 1. The number of nitrogens with zero attached hydrogens (tertiary/aromatic N) is 3. The van der Waals surface area contributed by atoms with Gasteiger partial charge in [-0.3, -0.25) is 14.5 Å². The first-order valence-electron chi connectivity index (χ1n) is 17.4. The van der Waals surface area contributed by atoms with Gasteiger partial charge in [0.15, 0.2) is 12.1 Å². The fraction of sp³-hybridized carbons (Fsp3) is 0.784. The number of hydrogen-bond donors (Lipinski definition) is 1. The predicted octanol–water partition coefficient (Wildman–Crippen LogP) is 3.98. The van der Waals surface area contributed by atoms with Gasteiger partial charge in [-0.25, -0.2) is 0 Å². The van der Waals surface area contributed by atoms with Crippen LogP contribution >= 0.6 is 0 Å². The van der Waals surface area contributed by atoms with Crippen LogP contribution in [0.3, 0.4) is 0 Å². The Labute approximate surface area is 283 Å². The van der Waals surface area contributed by atoms with Crippen molar-refractivity contribution in [2.75, 3.05) is 54.4 Å². The third kappa shape index (κ3) is 8.82. The number of piperidine rings is 1. The van der Waals surface area contributed by atoms with Gasteiger partial charge in [0, 0.05) is 64.6 Å². The van der Waals surface area contributed by atoms with Crippen molar-refractivity contribution in [3.8, 4) is 0 Å². The van der Waals surface area contributed by atoms with E-state index >= 15 is 0 Å². The molecule has 3 aliphatic heterocycles. The number of ether oxygens (including phenoxy) is 4. The number of likely N-dealkylation sites (N-methyl/N-ethyl adjacent to an activating group) is 2. The zero-order valence-electron chi connectivity index (χ0n) is 30.5. The molecule has 1 N–H and O–H groups in total. The average molecular weight is 660 g/mol. The monoisotopic (exact) mass is 659 g/mol. The van der Waals surface area contributed by atoms with Gasteiger partial charge in [-0.05, 0) is 73.2 Å². The molecule has 1 aromatic rings. The second-order valence-electron chi connectivity index (χ2n) is 15.8. The van der Waals surface area contributed by atoms with Crippen LogP contribution in [0.1, 0.15) is 72.8 Å². The molecule has 0 bridgehead atoms. The summed E-state index contributed by atoms with van der Waals surface area (Å²) in [6.45, 7) is 15.0. The molecule has 0 saturated carbocycles. The van der Waals surface area contributed by atoms with Crippen molar-refractivity contribution in [3.05, 3.63) is 35.9 Å². The Morgan fingerprint density at radius 1 is 1.04 bits per heavy atom. The number of benzene rings is 1. The Hall–Kier alpha value is -1.92. The molecule has 8 atom stereocenters. The lowest BCUT2D eigenvalue weighted by atomic mass is 9.74. The molecule has 0 amide bonds. The normalized spacial score (nSPS) is 36.4. The maximum Gasteiger partial charge on any atom is 0.319 e. The predicted molar refractivity (Wildman–Crippen MR) is 182 cm³/mol. The molecule has 0 aliphatic carbocycles. The standard InChI is InChI=1S/C37H61N3O7/c1-25-21-36(6,44-10)32(46-33-30(41)29(38(7)8)20-26(2)45-33)27(3)31(42)35(4,5)34(43)47-37(24-39(9)22-25)16-18-40(19-17-37)23-28-14-12-11-13-15-28/h11-15,25-27,29-30,32-33,41H,16-24H2,1-10H3/t25-,26-,27+,29+,30-,32-,33+,36-/m1/s1. The first kappa shape index (κ1) is 37.9.